The Balaban J connectivity index is 2.64. The topological polar surface area (TPSA) is 0 Å². The smallest absolute Gasteiger partial charge is 0.195 e. The molecule has 0 aliphatic rings. The third-order valence-electron chi connectivity index (χ3n) is 2.21. The second kappa shape index (κ2) is 4.59. The zero-order valence-corrected chi connectivity index (χ0v) is 9.79. The molecule has 0 saturated carbocycles. The van der Waals surface area contributed by atoms with Gasteiger partial charge in [0.2, 0.25) is 0 Å². The molecule has 0 unspecified atom stereocenters. The first-order valence-corrected chi connectivity index (χ1v) is 5.34. The predicted molar refractivity (Wildman–Crippen MR) is 61.8 cm³/mol. The fourth-order valence-corrected chi connectivity index (χ4v) is 1.98. The van der Waals surface area contributed by atoms with Crippen molar-refractivity contribution in [3.05, 3.63) is 57.8 Å². The lowest BCUT2D eigenvalue weighted by Gasteiger charge is -2.06. The summed E-state index contributed by atoms with van der Waals surface area (Å²) in [5.41, 5.74) is 0.201. The lowest BCUT2D eigenvalue weighted by atomic mass is 10.0. The molecule has 0 amide bonds. The summed E-state index contributed by atoms with van der Waals surface area (Å²) in [5, 5.41) is 0.577. The van der Waals surface area contributed by atoms with Gasteiger partial charge in [0.25, 0.3) is 0 Å². The molecule has 0 fully saturated rings. The minimum atomic E-state index is -1.52. The van der Waals surface area contributed by atoms with Gasteiger partial charge in [0.05, 0.1) is 0 Å². The van der Waals surface area contributed by atoms with Gasteiger partial charge in [-0.25, -0.2) is 13.2 Å². The molecule has 2 rings (SSSR count). The Hall–Kier alpha value is -1.19. The summed E-state index contributed by atoms with van der Waals surface area (Å²) in [7, 11) is 0. The van der Waals surface area contributed by atoms with E-state index in [0.717, 1.165) is 12.1 Å². The second-order valence-electron chi connectivity index (χ2n) is 3.38. The van der Waals surface area contributed by atoms with Crippen molar-refractivity contribution in [3.63, 3.8) is 0 Å². The summed E-state index contributed by atoms with van der Waals surface area (Å²) >= 11 is 11.5. The molecule has 0 atom stereocenters. The van der Waals surface area contributed by atoms with E-state index in [1.54, 1.807) is 0 Å². The molecule has 5 heteroatoms. The predicted octanol–water partition coefficient (Wildman–Crippen LogP) is 5.08. The van der Waals surface area contributed by atoms with Crippen molar-refractivity contribution < 1.29 is 13.2 Å². The van der Waals surface area contributed by atoms with E-state index >= 15 is 0 Å². The Bertz CT molecular complexity index is 562. The molecule has 0 radical (unpaired) electrons. The molecule has 0 bridgehead atoms. The zero-order chi connectivity index (χ0) is 12.6. The van der Waals surface area contributed by atoms with Crippen LogP contribution < -0.4 is 0 Å². The average molecular weight is 277 g/mol. The molecule has 0 nitrogen and oxygen atoms in total. The van der Waals surface area contributed by atoms with Crippen molar-refractivity contribution in [1.82, 2.24) is 0 Å². The second-order valence-corrected chi connectivity index (χ2v) is 4.25. The van der Waals surface area contributed by atoms with E-state index in [9.17, 15) is 13.2 Å². The van der Waals surface area contributed by atoms with E-state index in [0.29, 0.717) is 5.56 Å². The van der Waals surface area contributed by atoms with E-state index in [2.05, 4.69) is 0 Å². The molecule has 0 N–H and O–H groups in total. The van der Waals surface area contributed by atoms with E-state index in [1.807, 2.05) is 0 Å². The molecule has 0 aromatic heterocycles. The number of hydrogen-bond acceptors (Lipinski definition) is 0. The summed E-state index contributed by atoms with van der Waals surface area (Å²) in [6.45, 7) is 0. The van der Waals surface area contributed by atoms with Gasteiger partial charge >= 0.3 is 0 Å². The number of benzene rings is 2. The molecule has 0 saturated heterocycles. The third kappa shape index (κ3) is 2.40. The van der Waals surface area contributed by atoms with Crippen molar-refractivity contribution >= 4 is 23.2 Å². The average Bonchev–Trinajstić information content (AvgIpc) is 2.24. The first-order valence-electron chi connectivity index (χ1n) is 4.59. The van der Waals surface area contributed by atoms with Crippen molar-refractivity contribution in [3.8, 4) is 11.1 Å². The fourth-order valence-electron chi connectivity index (χ4n) is 1.46. The summed E-state index contributed by atoms with van der Waals surface area (Å²) in [6, 6.07) is 6.29. The molecule has 0 heterocycles. The van der Waals surface area contributed by atoms with Crippen LogP contribution in [0.3, 0.4) is 0 Å². The van der Waals surface area contributed by atoms with Gasteiger partial charge < -0.3 is 0 Å². The molecule has 0 spiro atoms. The normalized spacial score (nSPS) is 10.6. The Morgan fingerprint density at radius 1 is 0.765 bits per heavy atom. The van der Waals surface area contributed by atoms with Crippen LogP contribution in [-0.4, -0.2) is 0 Å². The Kier molecular flexibility index (Phi) is 3.31. The monoisotopic (exact) mass is 276 g/mol. The van der Waals surface area contributed by atoms with Crippen LogP contribution in [0.4, 0.5) is 13.2 Å². The van der Waals surface area contributed by atoms with Crippen LogP contribution in [0.2, 0.25) is 10.0 Å². The van der Waals surface area contributed by atoms with Crippen LogP contribution in [0.25, 0.3) is 11.1 Å². The van der Waals surface area contributed by atoms with Crippen LogP contribution in [0, 0.1) is 17.5 Å². The Labute approximate surface area is 106 Å². The van der Waals surface area contributed by atoms with Gasteiger partial charge in [0, 0.05) is 15.6 Å². The minimum absolute atomic E-state index is 0.0895. The quantitative estimate of drug-likeness (QED) is 0.638. The van der Waals surface area contributed by atoms with Crippen LogP contribution in [-0.2, 0) is 0 Å². The van der Waals surface area contributed by atoms with Gasteiger partial charge in [0.15, 0.2) is 17.5 Å². The number of halogens is 5. The molecular weight excluding hydrogens is 272 g/mol. The van der Waals surface area contributed by atoms with Crippen molar-refractivity contribution in [2.45, 2.75) is 0 Å². The van der Waals surface area contributed by atoms with Crippen LogP contribution in [0.5, 0.6) is 0 Å². The van der Waals surface area contributed by atoms with Crippen LogP contribution in [0.15, 0.2) is 30.3 Å². The highest BCUT2D eigenvalue weighted by molar-refractivity contribution is 6.35. The molecule has 88 valence electrons. The largest absolute Gasteiger partial charge is 0.204 e. The highest BCUT2D eigenvalue weighted by Crippen LogP contribution is 2.30. The van der Waals surface area contributed by atoms with Crippen molar-refractivity contribution in [2.24, 2.45) is 0 Å². The molecule has 2 aromatic rings. The fraction of sp³-hybridized carbons (Fsp3) is 0. The van der Waals surface area contributed by atoms with Crippen LogP contribution in [0.1, 0.15) is 0 Å². The van der Waals surface area contributed by atoms with E-state index in [-0.39, 0.29) is 15.6 Å². The zero-order valence-electron chi connectivity index (χ0n) is 8.28. The summed E-state index contributed by atoms with van der Waals surface area (Å²) < 4.78 is 39.3. The summed E-state index contributed by atoms with van der Waals surface area (Å²) in [6.07, 6.45) is 0. The Morgan fingerprint density at radius 2 is 1.35 bits per heavy atom. The standard InChI is InChI=1S/C12H5Cl2F3/c13-7-3-6(4-8(14)5-7)9-1-2-10(15)12(17)11(9)16/h1-5H. The third-order valence-corrected chi connectivity index (χ3v) is 2.65. The maximum absolute atomic E-state index is 13.5. The molecular formula is C12H5Cl2F3. The number of hydrogen-bond donors (Lipinski definition) is 0. The van der Waals surface area contributed by atoms with Gasteiger partial charge in [-0.2, -0.15) is 0 Å². The lowest BCUT2D eigenvalue weighted by Crippen LogP contribution is -1.93. The first-order chi connectivity index (χ1) is 7.99. The highest BCUT2D eigenvalue weighted by atomic mass is 35.5. The first kappa shape index (κ1) is 12.3. The molecule has 2 aromatic carbocycles. The number of rotatable bonds is 1. The van der Waals surface area contributed by atoms with E-state index in [1.165, 1.54) is 18.2 Å². The van der Waals surface area contributed by atoms with E-state index in [4.69, 9.17) is 23.2 Å². The van der Waals surface area contributed by atoms with Gasteiger partial charge in [-0.05, 0) is 35.9 Å². The Morgan fingerprint density at radius 3 is 1.94 bits per heavy atom. The maximum atomic E-state index is 13.5. The van der Waals surface area contributed by atoms with Crippen LogP contribution >= 0.6 is 23.2 Å². The van der Waals surface area contributed by atoms with Gasteiger partial charge in [-0.3, -0.25) is 0 Å². The SMILES string of the molecule is Fc1ccc(-c2cc(Cl)cc(Cl)c2)c(F)c1F. The van der Waals surface area contributed by atoms with Crippen molar-refractivity contribution in [1.29, 1.82) is 0 Å². The molecule has 0 aliphatic heterocycles. The minimum Gasteiger partial charge on any atom is -0.204 e. The highest BCUT2D eigenvalue weighted by Gasteiger charge is 2.15. The van der Waals surface area contributed by atoms with Gasteiger partial charge in [-0.1, -0.05) is 23.2 Å². The molecule has 17 heavy (non-hydrogen) atoms. The summed E-state index contributed by atoms with van der Waals surface area (Å²) in [4.78, 5) is 0. The lowest BCUT2D eigenvalue weighted by molar-refractivity contribution is 0.449. The summed E-state index contributed by atoms with van der Waals surface area (Å²) in [5.74, 6) is -4.01. The van der Waals surface area contributed by atoms with E-state index < -0.39 is 17.5 Å². The maximum Gasteiger partial charge on any atom is 0.195 e. The van der Waals surface area contributed by atoms with Gasteiger partial charge in [0.1, 0.15) is 0 Å². The van der Waals surface area contributed by atoms with Crippen molar-refractivity contribution in [2.75, 3.05) is 0 Å². The molecule has 0 aliphatic carbocycles. The van der Waals surface area contributed by atoms with Gasteiger partial charge in [-0.15, -0.1) is 0 Å².